The van der Waals surface area contributed by atoms with E-state index < -0.39 is 5.67 Å². The first-order valence-corrected chi connectivity index (χ1v) is 5.96. The van der Waals surface area contributed by atoms with Crippen LogP contribution in [0.4, 0.5) is 4.39 Å². The van der Waals surface area contributed by atoms with E-state index >= 15 is 0 Å². The summed E-state index contributed by atoms with van der Waals surface area (Å²) in [5.41, 5.74) is 0.0722. The average Bonchev–Trinajstić information content (AvgIpc) is 2.92. The maximum Gasteiger partial charge on any atom is 0.231 e. The van der Waals surface area contributed by atoms with Crippen molar-refractivity contribution in [3.8, 4) is 11.5 Å². The first kappa shape index (κ1) is 10.8. The van der Waals surface area contributed by atoms with Gasteiger partial charge in [-0.05, 0) is 44.0 Å². The fourth-order valence-corrected chi connectivity index (χ4v) is 2.32. The standard InChI is InChI=1S/C13H16FNO2/c1-15-12(13(14)4-5-13)7-9-2-3-10-11(6-9)17-8-16-10/h2-3,6,12,15H,4-5,7-8H2,1H3. The largest absolute Gasteiger partial charge is 0.454 e. The van der Waals surface area contributed by atoms with E-state index in [4.69, 9.17) is 9.47 Å². The molecule has 0 spiro atoms. The molecule has 0 aromatic heterocycles. The zero-order valence-electron chi connectivity index (χ0n) is 9.83. The van der Waals surface area contributed by atoms with Crippen molar-refractivity contribution in [1.82, 2.24) is 5.32 Å². The minimum absolute atomic E-state index is 0.108. The number of ether oxygens (including phenoxy) is 2. The second kappa shape index (κ2) is 3.88. The molecule has 1 atom stereocenters. The summed E-state index contributed by atoms with van der Waals surface area (Å²) >= 11 is 0. The normalized spacial score (nSPS) is 21.3. The molecule has 4 heteroatoms. The first-order chi connectivity index (χ1) is 8.21. The van der Waals surface area contributed by atoms with E-state index in [1.54, 1.807) is 0 Å². The van der Waals surface area contributed by atoms with Crippen LogP contribution in [0, 0.1) is 0 Å². The number of alkyl halides is 1. The Bertz CT molecular complexity index is 431. The van der Waals surface area contributed by atoms with Crippen molar-refractivity contribution in [2.45, 2.75) is 31.0 Å². The molecule has 1 saturated carbocycles. The topological polar surface area (TPSA) is 30.5 Å². The van der Waals surface area contributed by atoms with Crippen molar-refractivity contribution in [1.29, 1.82) is 0 Å². The van der Waals surface area contributed by atoms with Gasteiger partial charge in [-0.15, -0.1) is 0 Å². The van der Waals surface area contributed by atoms with Crippen LogP contribution in [-0.4, -0.2) is 25.6 Å². The van der Waals surface area contributed by atoms with Crippen LogP contribution >= 0.6 is 0 Å². The number of hydrogen-bond donors (Lipinski definition) is 1. The molecule has 1 aromatic rings. The Morgan fingerprint density at radius 1 is 1.35 bits per heavy atom. The van der Waals surface area contributed by atoms with Crippen molar-refractivity contribution < 1.29 is 13.9 Å². The van der Waals surface area contributed by atoms with Gasteiger partial charge in [0.15, 0.2) is 11.5 Å². The van der Waals surface area contributed by atoms with Crippen molar-refractivity contribution >= 4 is 0 Å². The summed E-state index contributed by atoms with van der Waals surface area (Å²) in [7, 11) is 1.82. The molecular formula is C13H16FNO2. The average molecular weight is 237 g/mol. The molecule has 1 aliphatic heterocycles. The molecule has 0 amide bonds. The van der Waals surface area contributed by atoms with E-state index in [1.165, 1.54) is 0 Å². The Labute approximate surface area is 99.9 Å². The lowest BCUT2D eigenvalue weighted by atomic mass is 10.0. The van der Waals surface area contributed by atoms with E-state index in [9.17, 15) is 4.39 Å². The highest BCUT2D eigenvalue weighted by molar-refractivity contribution is 5.44. The van der Waals surface area contributed by atoms with Crippen molar-refractivity contribution in [2.75, 3.05) is 13.8 Å². The van der Waals surface area contributed by atoms with Crippen molar-refractivity contribution in [3.63, 3.8) is 0 Å². The molecule has 3 rings (SSSR count). The van der Waals surface area contributed by atoms with E-state index in [2.05, 4.69) is 5.32 Å². The lowest BCUT2D eigenvalue weighted by molar-refractivity contribution is 0.174. The van der Waals surface area contributed by atoms with E-state index in [1.807, 2.05) is 25.2 Å². The number of rotatable bonds is 4. The lowest BCUT2D eigenvalue weighted by Crippen LogP contribution is -2.38. The van der Waals surface area contributed by atoms with Gasteiger partial charge in [0.25, 0.3) is 0 Å². The number of nitrogens with one attached hydrogen (secondary N) is 1. The monoisotopic (exact) mass is 237 g/mol. The zero-order chi connectivity index (χ0) is 11.9. The third-order valence-electron chi connectivity index (χ3n) is 3.58. The smallest absolute Gasteiger partial charge is 0.231 e. The van der Waals surface area contributed by atoms with E-state index in [0.29, 0.717) is 19.3 Å². The lowest BCUT2D eigenvalue weighted by Gasteiger charge is -2.20. The molecule has 0 bridgehead atoms. The number of hydrogen-bond acceptors (Lipinski definition) is 3. The fraction of sp³-hybridized carbons (Fsp3) is 0.538. The second-order valence-corrected chi connectivity index (χ2v) is 4.77. The van der Waals surface area contributed by atoms with Gasteiger partial charge < -0.3 is 14.8 Å². The fourth-order valence-electron chi connectivity index (χ4n) is 2.32. The Balaban J connectivity index is 1.76. The summed E-state index contributed by atoms with van der Waals surface area (Å²) < 4.78 is 24.6. The maximum atomic E-state index is 14.0. The molecule has 1 heterocycles. The first-order valence-electron chi connectivity index (χ1n) is 5.96. The summed E-state index contributed by atoms with van der Waals surface area (Å²) in [5, 5.41) is 3.07. The molecule has 1 fully saturated rings. The number of benzene rings is 1. The summed E-state index contributed by atoms with van der Waals surface area (Å²) in [5.74, 6) is 1.54. The summed E-state index contributed by atoms with van der Waals surface area (Å²) in [6, 6.07) is 5.70. The predicted molar refractivity (Wildman–Crippen MR) is 62.2 cm³/mol. The molecule has 92 valence electrons. The molecule has 17 heavy (non-hydrogen) atoms. The quantitative estimate of drug-likeness (QED) is 0.869. The third-order valence-corrected chi connectivity index (χ3v) is 3.58. The van der Waals surface area contributed by atoms with E-state index in [-0.39, 0.29) is 12.8 Å². The summed E-state index contributed by atoms with van der Waals surface area (Å²) in [4.78, 5) is 0. The van der Waals surface area contributed by atoms with Gasteiger partial charge in [-0.1, -0.05) is 6.07 Å². The molecule has 1 aromatic carbocycles. The second-order valence-electron chi connectivity index (χ2n) is 4.77. The molecule has 3 nitrogen and oxygen atoms in total. The molecule has 1 unspecified atom stereocenters. The third kappa shape index (κ3) is 1.97. The molecule has 0 saturated heterocycles. The number of halogens is 1. The van der Waals surface area contributed by atoms with Crippen LogP contribution < -0.4 is 14.8 Å². The Morgan fingerprint density at radius 3 is 2.82 bits per heavy atom. The van der Waals surface area contributed by atoms with Crippen LogP contribution in [0.2, 0.25) is 0 Å². The Morgan fingerprint density at radius 2 is 2.12 bits per heavy atom. The van der Waals surface area contributed by atoms with Crippen LogP contribution in [-0.2, 0) is 6.42 Å². The summed E-state index contributed by atoms with van der Waals surface area (Å²) in [6.45, 7) is 0.279. The van der Waals surface area contributed by atoms with Crippen LogP contribution in [0.25, 0.3) is 0 Å². The zero-order valence-corrected chi connectivity index (χ0v) is 9.83. The van der Waals surface area contributed by atoms with Gasteiger partial charge in [0.1, 0.15) is 5.67 Å². The van der Waals surface area contributed by atoms with Gasteiger partial charge in [0, 0.05) is 6.04 Å². The van der Waals surface area contributed by atoms with Gasteiger partial charge >= 0.3 is 0 Å². The van der Waals surface area contributed by atoms with Gasteiger partial charge in [-0.3, -0.25) is 0 Å². The highest BCUT2D eigenvalue weighted by Gasteiger charge is 2.49. The van der Waals surface area contributed by atoms with Crippen LogP contribution in [0.3, 0.4) is 0 Å². The molecule has 1 N–H and O–H groups in total. The van der Waals surface area contributed by atoms with Gasteiger partial charge in [0.05, 0.1) is 0 Å². The van der Waals surface area contributed by atoms with E-state index in [0.717, 1.165) is 17.1 Å². The van der Waals surface area contributed by atoms with Crippen molar-refractivity contribution in [3.05, 3.63) is 23.8 Å². The van der Waals surface area contributed by atoms with Gasteiger partial charge in [-0.25, -0.2) is 4.39 Å². The van der Waals surface area contributed by atoms with Crippen LogP contribution in [0.5, 0.6) is 11.5 Å². The Hall–Kier alpha value is -1.29. The molecule has 0 radical (unpaired) electrons. The number of fused-ring (bicyclic) bond motifs is 1. The maximum absolute atomic E-state index is 14.0. The SMILES string of the molecule is CNC(Cc1ccc2c(c1)OCO2)C1(F)CC1. The summed E-state index contributed by atoms with van der Waals surface area (Å²) in [6.07, 6.45) is 2.02. The molecular weight excluding hydrogens is 221 g/mol. The highest BCUT2D eigenvalue weighted by Crippen LogP contribution is 2.44. The minimum atomic E-state index is -1.01. The minimum Gasteiger partial charge on any atom is -0.454 e. The van der Waals surface area contributed by atoms with Crippen molar-refractivity contribution in [2.24, 2.45) is 0 Å². The molecule has 1 aliphatic carbocycles. The Kier molecular flexibility index (Phi) is 2.47. The van der Waals surface area contributed by atoms with Gasteiger partial charge in [-0.2, -0.15) is 0 Å². The van der Waals surface area contributed by atoms with Crippen LogP contribution in [0.1, 0.15) is 18.4 Å². The molecule has 2 aliphatic rings. The van der Waals surface area contributed by atoms with Crippen LogP contribution in [0.15, 0.2) is 18.2 Å². The highest BCUT2D eigenvalue weighted by atomic mass is 19.1. The van der Waals surface area contributed by atoms with Gasteiger partial charge in [0.2, 0.25) is 6.79 Å². The number of likely N-dealkylation sites (N-methyl/N-ethyl adjacent to an activating group) is 1. The predicted octanol–water partition coefficient (Wildman–Crippen LogP) is 2.05.